The Balaban J connectivity index is 2.18. The van der Waals surface area contributed by atoms with E-state index in [9.17, 15) is 4.79 Å². The highest BCUT2D eigenvalue weighted by molar-refractivity contribution is 9.10. The van der Waals surface area contributed by atoms with Crippen LogP contribution >= 0.6 is 15.9 Å². The van der Waals surface area contributed by atoms with Gasteiger partial charge in [-0.2, -0.15) is 0 Å². The average molecular weight is 308 g/mol. The molecule has 1 amide bonds. The fraction of sp³-hybridized carbons (Fsp3) is 0.214. The van der Waals surface area contributed by atoms with E-state index in [2.05, 4.69) is 21.2 Å². The highest BCUT2D eigenvalue weighted by Crippen LogP contribution is 2.21. The molecule has 1 heterocycles. The fourth-order valence-corrected chi connectivity index (χ4v) is 1.96. The molecule has 0 fully saturated rings. The third kappa shape index (κ3) is 2.82. The zero-order valence-electron chi connectivity index (χ0n) is 10.3. The maximum absolute atomic E-state index is 12.0. The van der Waals surface area contributed by atoms with E-state index in [0.29, 0.717) is 5.76 Å². The zero-order valence-corrected chi connectivity index (χ0v) is 11.9. The summed E-state index contributed by atoms with van der Waals surface area (Å²) in [6, 6.07) is 9.27. The number of nitrogens with one attached hydrogen (secondary N) is 1. The summed E-state index contributed by atoms with van der Waals surface area (Å²) in [6.45, 7) is 3.93. The van der Waals surface area contributed by atoms with Gasteiger partial charge in [-0.15, -0.1) is 0 Å². The van der Waals surface area contributed by atoms with E-state index in [0.717, 1.165) is 27.9 Å². The van der Waals surface area contributed by atoms with Crippen molar-refractivity contribution >= 4 is 27.5 Å². The molecule has 0 spiro atoms. The van der Waals surface area contributed by atoms with Gasteiger partial charge in [-0.25, -0.2) is 0 Å². The molecule has 0 aliphatic carbocycles. The van der Waals surface area contributed by atoms with E-state index in [-0.39, 0.29) is 5.91 Å². The van der Waals surface area contributed by atoms with Gasteiger partial charge in [0.1, 0.15) is 5.76 Å². The van der Waals surface area contributed by atoms with Crippen molar-refractivity contribution in [2.45, 2.75) is 20.3 Å². The van der Waals surface area contributed by atoms with Crippen molar-refractivity contribution in [2.24, 2.45) is 0 Å². The first kappa shape index (κ1) is 12.9. The molecular weight excluding hydrogens is 294 g/mol. The molecule has 2 aromatic rings. The highest BCUT2D eigenvalue weighted by atomic mass is 79.9. The maximum Gasteiger partial charge on any atom is 0.291 e. The first-order chi connectivity index (χ1) is 8.60. The second kappa shape index (κ2) is 5.40. The summed E-state index contributed by atoms with van der Waals surface area (Å²) in [4.78, 5) is 12.0. The van der Waals surface area contributed by atoms with Crippen LogP contribution in [0.1, 0.15) is 28.8 Å². The number of furan rings is 1. The van der Waals surface area contributed by atoms with Crippen LogP contribution in [0.2, 0.25) is 0 Å². The van der Waals surface area contributed by atoms with Crippen molar-refractivity contribution in [3.8, 4) is 0 Å². The summed E-state index contributed by atoms with van der Waals surface area (Å²) in [5.74, 6) is 0.924. The molecule has 0 aliphatic heterocycles. The van der Waals surface area contributed by atoms with Gasteiger partial charge in [0, 0.05) is 16.6 Å². The molecule has 94 valence electrons. The fourth-order valence-electron chi connectivity index (χ4n) is 1.60. The van der Waals surface area contributed by atoms with Crippen LogP contribution < -0.4 is 5.32 Å². The lowest BCUT2D eigenvalue weighted by Gasteiger charge is -2.07. The third-order valence-corrected chi connectivity index (χ3v) is 3.17. The third-order valence-electron chi connectivity index (χ3n) is 2.68. The van der Waals surface area contributed by atoms with Crippen LogP contribution in [0, 0.1) is 6.92 Å². The van der Waals surface area contributed by atoms with Gasteiger partial charge in [0.2, 0.25) is 0 Å². The van der Waals surface area contributed by atoms with Gasteiger partial charge in [0.15, 0.2) is 5.76 Å². The molecule has 0 aliphatic rings. The Labute approximate surface area is 114 Å². The summed E-state index contributed by atoms with van der Waals surface area (Å²) < 4.78 is 6.34. The normalized spacial score (nSPS) is 10.4. The Bertz CT molecular complexity index is 575. The Hall–Kier alpha value is -1.55. The number of benzene rings is 1. The number of aryl methyl sites for hydroxylation is 2. The van der Waals surface area contributed by atoms with Gasteiger partial charge in [0.05, 0.1) is 0 Å². The topological polar surface area (TPSA) is 42.2 Å². The van der Waals surface area contributed by atoms with E-state index in [1.165, 1.54) is 0 Å². The van der Waals surface area contributed by atoms with Gasteiger partial charge in [-0.05, 0) is 36.8 Å². The Kier molecular flexibility index (Phi) is 3.87. The average Bonchev–Trinajstić information content (AvgIpc) is 2.82. The highest BCUT2D eigenvalue weighted by Gasteiger charge is 2.12. The number of amides is 1. The largest absolute Gasteiger partial charge is 0.456 e. The van der Waals surface area contributed by atoms with E-state index >= 15 is 0 Å². The minimum absolute atomic E-state index is 0.226. The standard InChI is InChI=1S/C14H14BrNO2/c1-3-11-6-7-13(18-11)14(17)16-12-8-10(15)5-4-9(12)2/h4-8H,3H2,1-2H3,(H,16,17). The summed E-state index contributed by atoms with van der Waals surface area (Å²) in [7, 11) is 0. The molecule has 0 atom stereocenters. The van der Waals surface area contributed by atoms with E-state index in [1.54, 1.807) is 6.07 Å². The van der Waals surface area contributed by atoms with Crippen molar-refractivity contribution < 1.29 is 9.21 Å². The second-order valence-electron chi connectivity index (χ2n) is 4.03. The van der Waals surface area contributed by atoms with Crippen molar-refractivity contribution in [2.75, 3.05) is 5.32 Å². The Morgan fingerprint density at radius 3 is 2.78 bits per heavy atom. The molecule has 0 unspecified atom stereocenters. The Morgan fingerprint density at radius 1 is 1.33 bits per heavy atom. The van der Waals surface area contributed by atoms with Crippen LogP contribution in [0.3, 0.4) is 0 Å². The van der Waals surface area contributed by atoms with Crippen LogP contribution in [0.15, 0.2) is 39.2 Å². The van der Waals surface area contributed by atoms with Crippen molar-refractivity contribution in [3.05, 3.63) is 51.9 Å². The molecule has 18 heavy (non-hydrogen) atoms. The number of hydrogen-bond donors (Lipinski definition) is 1. The van der Waals surface area contributed by atoms with Crippen LogP contribution in [0.25, 0.3) is 0 Å². The van der Waals surface area contributed by atoms with E-state index < -0.39 is 0 Å². The van der Waals surface area contributed by atoms with Gasteiger partial charge < -0.3 is 9.73 Å². The van der Waals surface area contributed by atoms with Gasteiger partial charge in [0.25, 0.3) is 5.91 Å². The lowest BCUT2D eigenvalue weighted by atomic mass is 10.2. The SMILES string of the molecule is CCc1ccc(C(=O)Nc2cc(Br)ccc2C)o1. The number of rotatable bonds is 3. The zero-order chi connectivity index (χ0) is 13.1. The lowest BCUT2D eigenvalue weighted by Crippen LogP contribution is -2.11. The van der Waals surface area contributed by atoms with Crippen LogP contribution in [0.4, 0.5) is 5.69 Å². The second-order valence-corrected chi connectivity index (χ2v) is 4.95. The van der Waals surface area contributed by atoms with E-state index in [1.807, 2.05) is 38.1 Å². The summed E-state index contributed by atoms with van der Waals surface area (Å²) in [5, 5.41) is 2.84. The quantitative estimate of drug-likeness (QED) is 0.925. The summed E-state index contributed by atoms with van der Waals surface area (Å²) in [5.41, 5.74) is 1.79. The molecule has 1 aromatic carbocycles. The van der Waals surface area contributed by atoms with Crippen molar-refractivity contribution in [3.63, 3.8) is 0 Å². The van der Waals surface area contributed by atoms with Crippen molar-refractivity contribution in [1.29, 1.82) is 0 Å². The molecule has 1 aromatic heterocycles. The number of carbonyl (C=O) groups is 1. The van der Waals surface area contributed by atoms with E-state index in [4.69, 9.17) is 4.42 Å². The summed E-state index contributed by atoms with van der Waals surface area (Å²) >= 11 is 3.38. The molecular formula is C14H14BrNO2. The number of halogens is 1. The lowest BCUT2D eigenvalue weighted by molar-refractivity contribution is 0.0995. The molecule has 0 saturated heterocycles. The maximum atomic E-state index is 12.0. The minimum atomic E-state index is -0.226. The molecule has 1 N–H and O–H groups in total. The monoisotopic (exact) mass is 307 g/mol. The first-order valence-corrected chi connectivity index (χ1v) is 6.55. The number of anilines is 1. The predicted molar refractivity (Wildman–Crippen MR) is 74.9 cm³/mol. The molecule has 0 bridgehead atoms. The molecule has 0 radical (unpaired) electrons. The number of hydrogen-bond acceptors (Lipinski definition) is 2. The van der Waals surface area contributed by atoms with Crippen molar-refractivity contribution in [1.82, 2.24) is 0 Å². The molecule has 2 rings (SSSR count). The predicted octanol–water partition coefficient (Wildman–Crippen LogP) is 4.17. The van der Waals surface area contributed by atoms with Crippen LogP contribution in [-0.2, 0) is 6.42 Å². The molecule has 0 saturated carbocycles. The summed E-state index contributed by atoms with van der Waals surface area (Å²) in [6.07, 6.45) is 0.781. The van der Waals surface area contributed by atoms with Crippen LogP contribution in [0.5, 0.6) is 0 Å². The van der Waals surface area contributed by atoms with Gasteiger partial charge >= 0.3 is 0 Å². The van der Waals surface area contributed by atoms with Gasteiger partial charge in [-0.1, -0.05) is 28.9 Å². The minimum Gasteiger partial charge on any atom is -0.456 e. The molecule has 3 nitrogen and oxygen atoms in total. The smallest absolute Gasteiger partial charge is 0.291 e. The molecule has 4 heteroatoms. The van der Waals surface area contributed by atoms with Crippen LogP contribution in [-0.4, -0.2) is 5.91 Å². The van der Waals surface area contributed by atoms with Gasteiger partial charge in [-0.3, -0.25) is 4.79 Å². The first-order valence-electron chi connectivity index (χ1n) is 5.76. The Morgan fingerprint density at radius 2 is 2.11 bits per heavy atom. The number of carbonyl (C=O) groups excluding carboxylic acids is 1.